The Morgan fingerprint density at radius 1 is 1.38 bits per heavy atom. The van der Waals surface area contributed by atoms with Crippen molar-refractivity contribution < 1.29 is 4.79 Å². The minimum atomic E-state index is 0.157. The number of thiazole rings is 1. The Kier molecular flexibility index (Phi) is 4.99. The lowest BCUT2D eigenvalue weighted by Crippen LogP contribution is -2.39. The summed E-state index contributed by atoms with van der Waals surface area (Å²) in [6.07, 6.45) is 9.54. The second-order valence-electron chi connectivity index (χ2n) is 6.74. The first kappa shape index (κ1) is 17.2. The highest BCUT2D eigenvalue weighted by atomic mass is 32.1. The third kappa shape index (κ3) is 3.37. The molecule has 3 aromatic rings. The highest BCUT2D eigenvalue weighted by molar-refractivity contribution is 7.22. The summed E-state index contributed by atoms with van der Waals surface area (Å²) >= 11 is 1.58. The van der Waals surface area contributed by atoms with Gasteiger partial charge >= 0.3 is 0 Å². The molecule has 2 N–H and O–H groups in total. The Morgan fingerprint density at radius 2 is 2.27 bits per heavy atom. The number of benzene rings is 1. The summed E-state index contributed by atoms with van der Waals surface area (Å²) in [5, 5.41) is 0.795. The fourth-order valence-electron chi connectivity index (χ4n) is 3.28. The van der Waals surface area contributed by atoms with Gasteiger partial charge in [-0.25, -0.2) is 9.97 Å². The summed E-state index contributed by atoms with van der Waals surface area (Å²) < 4.78 is 3.13. The molecule has 136 valence electrons. The van der Waals surface area contributed by atoms with Crippen LogP contribution in [0, 0.1) is 5.92 Å². The number of fused-ring (bicyclic) bond motifs is 1. The largest absolute Gasteiger partial charge is 0.337 e. The molecule has 1 aromatic carbocycles. The topological polar surface area (TPSA) is 77.0 Å². The average Bonchev–Trinajstić information content (AvgIpc) is 3.25. The molecule has 0 aliphatic heterocycles. The van der Waals surface area contributed by atoms with Crippen LogP contribution in [0.4, 0.5) is 5.13 Å². The Morgan fingerprint density at radius 3 is 2.96 bits per heavy atom. The summed E-state index contributed by atoms with van der Waals surface area (Å²) in [4.78, 5) is 23.8. The zero-order chi connectivity index (χ0) is 17.9. The van der Waals surface area contributed by atoms with Crippen molar-refractivity contribution in [3.05, 3.63) is 42.5 Å². The van der Waals surface area contributed by atoms with Crippen LogP contribution in [-0.2, 0) is 17.9 Å². The van der Waals surface area contributed by atoms with Crippen molar-refractivity contribution in [1.82, 2.24) is 14.5 Å². The highest BCUT2D eigenvalue weighted by Gasteiger charge is 2.31. The van der Waals surface area contributed by atoms with Gasteiger partial charge < -0.3 is 10.3 Å². The molecule has 26 heavy (non-hydrogen) atoms. The molecule has 2 aromatic heterocycles. The van der Waals surface area contributed by atoms with Gasteiger partial charge in [-0.1, -0.05) is 29.9 Å². The number of carbonyl (C=O) groups excluding carboxylic acids is 1. The zero-order valence-electron chi connectivity index (χ0n) is 14.7. The van der Waals surface area contributed by atoms with E-state index in [0.29, 0.717) is 13.1 Å². The number of rotatable bonds is 7. The van der Waals surface area contributed by atoms with E-state index in [2.05, 4.69) is 4.98 Å². The Balaban J connectivity index is 1.58. The van der Waals surface area contributed by atoms with Gasteiger partial charge in [-0.05, 0) is 30.9 Å². The van der Waals surface area contributed by atoms with Gasteiger partial charge in [0.1, 0.15) is 0 Å². The molecule has 0 radical (unpaired) electrons. The van der Waals surface area contributed by atoms with Crippen LogP contribution in [0.25, 0.3) is 10.2 Å². The second kappa shape index (κ2) is 7.55. The van der Waals surface area contributed by atoms with Crippen LogP contribution in [0.15, 0.2) is 36.9 Å². The van der Waals surface area contributed by atoms with Crippen molar-refractivity contribution in [3.8, 4) is 0 Å². The Hall–Kier alpha value is -2.25. The number of para-hydroxylation sites is 1. The summed E-state index contributed by atoms with van der Waals surface area (Å²) in [5.41, 5.74) is 7.80. The summed E-state index contributed by atoms with van der Waals surface area (Å²) in [6.45, 7) is 1.97. The molecule has 0 bridgehead atoms. The van der Waals surface area contributed by atoms with Crippen molar-refractivity contribution in [2.24, 2.45) is 11.7 Å². The van der Waals surface area contributed by atoms with Gasteiger partial charge in [-0.15, -0.1) is 0 Å². The molecular weight excluding hydrogens is 346 g/mol. The van der Waals surface area contributed by atoms with E-state index < -0.39 is 0 Å². The minimum Gasteiger partial charge on any atom is -0.337 e. The molecule has 1 fully saturated rings. The van der Waals surface area contributed by atoms with Crippen LogP contribution >= 0.6 is 11.3 Å². The number of aryl methyl sites for hydroxylation is 1. The maximum Gasteiger partial charge on any atom is 0.231 e. The average molecular weight is 369 g/mol. The lowest BCUT2D eigenvalue weighted by Gasteiger charge is -2.30. The first-order chi connectivity index (χ1) is 12.8. The summed E-state index contributed by atoms with van der Waals surface area (Å²) in [5.74, 6) is 0.375. The molecule has 1 saturated carbocycles. The number of imidazole rings is 1. The first-order valence-corrected chi connectivity index (χ1v) is 9.93. The van der Waals surface area contributed by atoms with E-state index in [0.717, 1.165) is 53.1 Å². The molecule has 4 rings (SSSR count). The van der Waals surface area contributed by atoms with E-state index in [-0.39, 0.29) is 11.8 Å². The third-order valence-corrected chi connectivity index (χ3v) is 6.06. The van der Waals surface area contributed by atoms with Crippen LogP contribution in [0.3, 0.4) is 0 Å². The summed E-state index contributed by atoms with van der Waals surface area (Å²) in [6, 6.07) is 6.06. The lowest BCUT2D eigenvalue weighted by atomic mass is 9.84. The smallest absolute Gasteiger partial charge is 0.231 e. The number of nitrogens with two attached hydrogens (primary N) is 1. The van der Waals surface area contributed by atoms with Crippen LogP contribution in [-0.4, -0.2) is 27.0 Å². The molecule has 2 heterocycles. The number of carbonyl (C=O) groups is 1. The van der Waals surface area contributed by atoms with Gasteiger partial charge in [0.15, 0.2) is 5.13 Å². The van der Waals surface area contributed by atoms with E-state index >= 15 is 0 Å². The van der Waals surface area contributed by atoms with Crippen molar-refractivity contribution in [2.75, 3.05) is 11.4 Å². The molecule has 1 aliphatic rings. The lowest BCUT2D eigenvalue weighted by molar-refractivity contribution is -0.124. The number of hydrogen-bond acceptors (Lipinski definition) is 5. The van der Waals surface area contributed by atoms with Crippen LogP contribution in [0.2, 0.25) is 0 Å². The molecule has 0 saturated heterocycles. The third-order valence-electron chi connectivity index (χ3n) is 5.02. The maximum absolute atomic E-state index is 13.0. The van der Waals surface area contributed by atoms with Gasteiger partial charge in [0.25, 0.3) is 0 Å². The second-order valence-corrected chi connectivity index (χ2v) is 7.75. The number of nitrogens with zero attached hydrogens (tertiary/aromatic N) is 4. The fraction of sp³-hybridized carbons (Fsp3) is 0.421. The molecule has 6 nitrogen and oxygen atoms in total. The predicted octanol–water partition coefficient (Wildman–Crippen LogP) is 3.17. The van der Waals surface area contributed by atoms with E-state index in [4.69, 9.17) is 10.7 Å². The number of hydrogen-bond donors (Lipinski definition) is 1. The summed E-state index contributed by atoms with van der Waals surface area (Å²) in [7, 11) is 0. The van der Waals surface area contributed by atoms with Gasteiger partial charge in [0.05, 0.1) is 16.5 Å². The van der Waals surface area contributed by atoms with Crippen molar-refractivity contribution in [1.29, 1.82) is 0 Å². The zero-order valence-corrected chi connectivity index (χ0v) is 15.5. The van der Waals surface area contributed by atoms with Crippen molar-refractivity contribution in [2.45, 2.75) is 38.8 Å². The van der Waals surface area contributed by atoms with Gasteiger partial charge in [-0.3, -0.25) is 9.69 Å². The predicted molar refractivity (Wildman–Crippen MR) is 104 cm³/mol. The standard InChI is InChI=1S/C19H23N5OS/c20-12-15-6-2-7-16-17(15)22-19(26-16)24(18(25)14-4-1-5-14)10-3-9-23-11-8-21-13-23/h2,6-8,11,13-14H,1,3-5,9-10,12,20H2. The van der Waals surface area contributed by atoms with E-state index in [1.807, 2.05) is 40.2 Å². The van der Waals surface area contributed by atoms with E-state index in [1.54, 1.807) is 17.5 Å². The monoisotopic (exact) mass is 369 g/mol. The van der Waals surface area contributed by atoms with Crippen LogP contribution in [0.1, 0.15) is 31.2 Å². The molecular formula is C19H23N5OS. The van der Waals surface area contributed by atoms with E-state index in [1.165, 1.54) is 0 Å². The molecule has 7 heteroatoms. The quantitative estimate of drug-likeness (QED) is 0.694. The number of aromatic nitrogens is 3. The van der Waals surface area contributed by atoms with Crippen molar-refractivity contribution >= 4 is 32.6 Å². The molecule has 0 spiro atoms. The Labute approximate surface area is 156 Å². The highest BCUT2D eigenvalue weighted by Crippen LogP contribution is 2.35. The number of amides is 1. The number of anilines is 1. The van der Waals surface area contributed by atoms with E-state index in [9.17, 15) is 4.79 Å². The molecule has 0 atom stereocenters. The Bertz CT molecular complexity index is 885. The first-order valence-electron chi connectivity index (χ1n) is 9.12. The van der Waals surface area contributed by atoms with Crippen molar-refractivity contribution in [3.63, 3.8) is 0 Å². The SMILES string of the molecule is NCc1cccc2sc(N(CCCn3ccnc3)C(=O)C3CCC3)nc12. The molecule has 1 aliphatic carbocycles. The molecule has 1 amide bonds. The van der Waals surface area contributed by atoms with Gasteiger partial charge in [0.2, 0.25) is 5.91 Å². The minimum absolute atomic E-state index is 0.157. The fourth-order valence-corrected chi connectivity index (χ4v) is 4.33. The van der Waals surface area contributed by atoms with Crippen LogP contribution in [0.5, 0.6) is 0 Å². The molecule has 0 unspecified atom stereocenters. The van der Waals surface area contributed by atoms with Crippen LogP contribution < -0.4 is 10.6 Å². The van der Waals surface area contributed by atoms with Gasteiger partial charge in [-0.2, -0.15) is 0 Å². The van der Waals surface area contributed by atoms with Gasteiger partial charge in [0, 0.05) is 37.9 Å². The normalized spacial score (nSPS) is 14.5. The maximum atomic E-state index is 13.0.